The molecule has 6 heteroatoms. The Labute approximate surface area is 117 Å². The van der Waals surface area contributed by atoms with Crippen LogP contribution in [0, 0.1) is 12.7 Å². The van der Waals surface area contributed by atoms with Crippen molar-refractivity contribution < 1.29 is 18.7 Å². The average molecular weight is 282 g/mol. The van der Waals surface area contributed by atoms with Gasteiger partial charge in [-0.2, -0.15) is 0 Å². The predicted octanol–water partition coefficient (Wildman–Crippen LogP) is 2.23. The highest BCUT2D eigenvalue weighted by Crippen LogP contribution is 2.10. The lowest BCUT2D eigenvalue weighted by Gasteiger charge is -2.19. The summed E-state index contributed by atoms with van der Waals surface area (Å²) in [7, 11) is 0. The molecule has 5 nitrogen and oxygen atoms in total. The first kappa shape index (κ1) is 15.9. The molecule has 0 aliphatic rings. The van der Waals surface area contributed by atoms with E-state index in [0.717, 1.165) is 5.56 Å². The van der Waals surface area contributed by atoms with Crippen molar-refractivity contribution in [2.45, 2.75) is 39.7 Å². The summed E-state index contributed by atoms with van der Waals surface area (Å²) in [6.45, 7) is 6.87. The summed E-state index contributed by atoms with van der Waals surface area (Å²) in [6.07, 6.45) is -0.933. The van der Waals surface area contributed by atoms with Gasteiger partial charge in [-0.25, -0.2) is 14.6 Å². The van der Waals surface area contributed by atoms with Crippen molar-refractivity contribution in [2.24, 2.45) is 0 Å². The van der Waals surface area contributed by atoms with Gasteiger partial charge in [-0.3, -0.25) is 10.2 Å². The Morgan fingerprint density at radius 2 is 1.90 bits per heavy atom. The van der Waals surface area contributed by atoms with Crippen molar-refractivity contribution in [3.05, 3.63) is 35.1 Å². The fourth-order valence-corrected chi connectivity index (χ4v) is 1.44. The highest BCUT2D eigenvalue weighted by Gasteiger charge is 2.16. The van der Waals surface area contributed by atoms with Gasteiger partial charge in [-0.1, -0.05) is 12.1 Å². The van der Waals surface area contributed by atoms with Crippen molar-refractivity contribution in [3.63, 3.8) is 0 Å². The number of rotatable bonds is 2. The van der Waals surface area contributed by atoms with E-state index < -0.39 is 23.4 Å². The van der Waals surface area contributed by atoms with Crippen LogP contribution in [0.1, 0.15) is 31.9 Å². The lowest BCUT2D eigenvalue weighted by molar-refractivity contribution is -0.121. The molecular weight excluding hydrogens is 263 g/mol. The highest BCUT2D eigenvalue weighted by atomic mass is 19.1. The van der Waals surface area contributed by atoms with E-state index in [0.29, 0.717) is 0 Å². The smallest absolute Gasteiger partial charge is 0.426 e. The molecule has 20 heavy (non-hydrogen) atoms. The highest BCUT2D eigenvalue weighted by molar-refractivity contribution is 5.81. The summed E-state index contributed by atoms with van der Waals surface area (Å²) in [5, 5.41) is 0. The minimum Gasteiger partial charge on any atom is -0.443 e. The van der Waals surface area contributed by atoms with Gasteiger partial charge in [0.05, 0.1) is 6.42 Å². The standard InChI is InChI=1S/C14H19FN2O3/c1-9-5-6-10(11(15)7-9)8-12(18)16-17-13(19)20-14(2,3)4/h5-7H,8H2,1-4H3,(H,16,18)(H,17,19). The summed E-state index contributed by atoms with van der Waals surface area (Å²) >= 11 is 0. The van der Waals surface area contributed by atoms with Crippen molar-refractivity contribution in [1.82, 2.24) is 10.9 Å². The number of hydrogen-bond acceptors (Lipinski definition) is 3. The Morgan fingerprint density at radius 1 is 1.25 bits per heavy atom. The molecule has 0 radical (unpaired) electrons. The van der Waals surface area contributed by atoms with Crippen molar-refractivity contribution in [1.29, 1.82) is 0 Å². The molecule has 0 unspecified atom stereocenters. The van der Waals surface area contributed by atoms with Crippen LogP contribution in [-0.2, 0) is 16.0 Å². The van der Waals surface area contributed by atoms with Gasteiger partial charge in [0.15, 0.2) is 0 Å². The van der Waals surface area contributed by atoms with Gasteiger partial charge in [-0.15, -0.1) is 0 Å². The second-order valence-corrected chi connectivity index (χ2v) is 5.45. The molecule has 0 aromatic heterocycles. The third kappa shape index (κ3) is 5.69. The topological polar surface area (TPSA) is 67.4 Å². The molecule has 2 N–H and O–H groups in total. The summed E-state index contributed by atoms with van der Waals surface area (Å²) < 4.78 is 18.5. The molecule has 0 saturated heterocycles. The minimum absolute atomic E-state index is 0.165. The van der Waals surface area contributed by atoms with Gasteiger partial charge in [0.25, 0.3) is 0 Å². The van der Waals surface area contributed by atoms with E-state index in [4.69, 9.17) is 4.74 Å². The van der Waals surface area contributed by atoms with Crippen LogP contribution in [0.4, 0.5) is 9.18 Å². The minimum atomic E-state index is -0.768. The van der Waals surface area contributed by atoms with Crippen molar-refractivity contribution >= 4 is 12.0 Å². The molecule has 0 aliphatic heterocycles. The zero-order valence-electron chi connectivity index (χ0n) is 12.0. The Bertz CT molecular complexity index is 510. The van der Waals surface area contributed by atoms with Gasteiger partial charge in [0.2, 0.25) is 5.91 Å². The number of ether oxygens (including phenoxy) is 1. The number of amides is 2. The van der Waals surface area contributed by atoms with Gasteiger partial charge in [0, 0.05) is 0 Å². The quantitative estimate of drug-likeness (QED) is 0.817. The van der Waals surface area contributed by atoms with Crippen LogP contribution >= 0.6 is 0 Å². The Hall–Kier alpha value is -2.11. The molecule has 0 atom stereocenters. The van der Waals surface area contributed by atoms with Gasteiger partial charge in [-0.05, 0) is 44.9 Å². The SMILES string of the molecule is Cc1ccc(CC(=O)NNC(=O)OC(C)(C)C)c(F)c1. The lowest BCUT2D eigenvalue weighted by atomic mass is 10.1. The number of carbonyl (C=O) groups excluding carboxylic acids is 2. The van der Waals surface area contributed by atoms with Crippen LogP contribution in [-0.4, -0.2) is 17.6 Å². The maximum Gasteiger partial charge on any atom is 0.426 e. The first-order valence-corrected chi connectivity index (χ1v) is 6.20. The molecule has 0 spiro atoms. The third-order valence-corrected chi connectivity index (χ3v) is 2.26. The molecule has 0 fully saturated rings. The summed E-state index contributed by atoms with van der Waals surface area (Å²) in [5.74, 6) is -0.976. The molecule has 2 amide bonds. The van der Waals surface area contributed by atoms with Crippen molar-refractivity contribution in [3.8, 4) is 0 Å². The van der Waals surface area contributed by atoms with E-state index in [1.165, 1.54) is 12.1 Å². The molecular formula is C14H19FN2O3. The molecule has 1 aromatic rings. The van der Waals surface area contributed by atoms with Crippen LogP contribution < -0.4 is 10.9 Å². The van der Waals surface area contributed by atoms with E-state index in [-0.39, 0.29) is 12.0 Å². The summed E-state index contributed by atoms with van der Waals surface area (Å²) in [4.78, 5) is 22.9. The van der Waals surface area contributed by atoms with E-state index >= 15 is 0 Å². The van der Waals surface area contributed by atoms with Gasteiger partial charge < -0.3 is 4.74 Å². The molecule has 0 bridgehead atoms. The fourth-order valence-electron chi connectivity index (χ4n) is 1.44. The molecule has 1 aromatic carbocycles. The number of hydrazine groups is 1. The Morgan fingerprint density at radius 3 is 2.45 bits per heavy atom. The van der Waals surface area contributed by atoms with Crippen LogP contribution in [0.2, 0.25) is 0 Å². The van der Waals surface area contributed by atoms with Crippen LogP contribution in [0.25, 0.3) is 0 Å². The van der Waals surface area contributed by atoms with E-state index in [1.54, 1.807) is 33.8 Å². The fraction of sp³-hybridized carbons (Fsp3) is 0.429. The summed E-state index contributed by atoms with van der Waals surface area (Å²) in [5.41, 5.74) is 4.66. The number of benzene rings is 1. The van der Waals surface area contributed by atoms with Crippen LogP contribution in [0.5, 0.6) is 0 Å². The van der Waals surface area contributed by atoms with Crippen LogP contribution in [0.3, 0.4) is 0 Å². The second kappa shape index (κ2) is 6.36. The first-order chi connectivity index (χ1) is 9.17. The first-order valence-electron chi connectivity index (χ1n) is 6.20. The van der Waals surface area contributed by atoms with Gasteiger partial charge in [0.1, 0.15) is 11.4 Å². The Balaban J connectivity index is 2.46. The number of aryl methyl sites for hydroxylation is 1. The monoisotopic (exact) mass is 282 g/mol. The van der Waals surface area contributed by atoms with Crippen LogP contribution in [0.15, 0.2) is 18.2 Å². The van der Waals surface area contributed by atoms with E-state index in [9.17, 15) is 14.0 Å². The maximum atomic E-state index is 13.5. The normalized spacial score (nSPS) is 10.8. The number of carbonyl (C=O) groups is 2. The zero-order valence-corrected chi connectivity index (χ0v) is 12.0. The number of halogens is 1. The third-order valence-electron chi connectivity index (χ3n) is 2.26. The molecule has 0 saturated carbocycles. The molecule has 0 aliphatic carbocycles. The number of nitrogens with one attached hydrogen (secondary N) is 2. The zero-order chi connectivity index (χ0) is 15.3. The van der Waals surface area contributed by atoms with Gasteiger partial charge >= 0.3 is 6.09 Å². The lowest BCUT2D eigenvalue weighted by Crippen LogP contribution is -2.44. The molecule has 0 heterocycles. The molecule has 1 rings (SSSR count). The largest absolute Gasteiger partial charge is 0.443 e. The maximum absolute atomic E-state index is 13.5. The number of hydrogen-bond donors (Lipinski definition) is 2. The van der Waals surface area contributed by atoms with E-state index in [1.807, 2.05) is 0 Å². The van der Waals surface area contributed by atoms with E-state index in [2.05, 4.69) is 10.9 Å². The average Bonchev–Trinajstić information content (AvgIpc) is 2.28. The predicted molar refractivity (Wildman–Crippen MR) is 72.4 cm³/mol. The summed E-state index contributed by atoms with van der Waals surface area (Å²) in [6, 6.07) is 4.61. The second-order valence-electron chi connectivity index (χ2n) is 5.45. The Kier molecular flexibility index (Phi) is 5.07. The molecule has 110 valence electrons. The van der Waals surface area contributed by atoms with Crippen molar-refractivity contribution in [2.75, 3.05) is 0 Å².